The van der Waals surface area contributed by atoms with Gasteiger partial charge in [0.15, 0.2) is 0 Å². The van der Waals surface area contributed by atoms with Crippen LogP contribution in [0.25, 0.3) is 86.9 Å². The molecule has 0 fully saturated rings. The molecule has 0 amide bonds. The molecular weight excluding hydrogens is 949 g/mol. The molecule has 0 heterocycles. The van der Waals surface area contributed by atoms with Gasteiger partial charge < -0.3 is 19.3 Å². The van der Waals surface area contributed by atoms with E-state index in [2.05, 4.69) is 270 Å². The number of anilines is 6. The van der Waals surface area contributed by atoms with Crippen LogP contribution >= 0.6 is 0 Å². The van der Waals surface area contributed by atoms with Gasteiger partial charge in [-0.2, -0.15) is 0 Å². The van der Waals surface area contributed by atoms with Crippen LogP contribution in [0.1, 0.15) is 66.5 Å². The first-order valence-electron chi connectivity index (χ1n) is 27.7. The summed E-state index contributed by atoms with van der Waals surface area (Å²) < 4.78 is 11.9. The predicted molar refractivity (Wildman–Crippen MR) is 334 cm³/mol. The van der Waals surface area contributed by atoms with Gasteiger partial charge in [-0.3, -0.25) is 0 Å². The lowest BCUT2D eigenvalue weighted by Gasteiger charge is -2.28. The van der Waals surface area contributed by atoms with Crippen LogP contribution in [0.5, 0.6) is 11.5 Å². The predicted octanol–water partition coefficient (Wildman–Crippen LogP) is 21.1. The lowest BCUT2D eigenvalue weighted by Crippen LogP contribution is -2.13. The van der Waals surface area contributed by atoms with E-state index in [0.717, 1.165) is 45.6 Å². The Morgan fingerprint density at radius 3 is 0.923 bits per heavy atom. The molecule has 13 aromatic carbocycles. The van der Waals surface area contributed by atoms with Gasteiger partial charge in [0.25, 0.3) is 0 Å². The first kappa shape index (κ1) is 48.8. The average Bonchev–Trinajstić information content (AvgIpc) is 3.27. The Kier molecular flexibility index (Phi) is 11.9. The van der Waals surface area contributed by atoms with Crippen molar-refractivity contribution < 1.29 is 9.47 Å². The van der Waals surface area contributed by atoms with Gasteiger partial charge in [-0.25, -0.2) is 0 Å². The molecule has 13 rings (SSSR count). The maximum atomic E-state index is 5.97. The van der Waals surface area contributed by atoms with Crippen molar-refractivity contribution in [2.45, 2.75) is 66.2 Å². The molecule has 0 aliphatic heterocycles. The number of benzene rings is 11. The number of hydrogen-bond donors (Lipinski definition) is 0. The largest absolute Gasteiger partial charge is 0.494 e. The second-order valence-corrected chi connectivity index (χ2v) is 22.8. The molecule has 0 N–H and O–H groups in total. The molecule has 0 saturated heterocycles. The van der Waals surface area contributed by atoms with Crippen LogP contribution in [0.3, 0.4) is 0 Å². The highest BCUT2D eigenvalue weighted by molar-refractivity contribution is 6.47. The van der Waals surface area contributed by atoms with E-state index in [1.165, 1.54) is 98.0 Å². The third-order valence-corrected chi connectivity index (χ3v) is 16.0. The zero-order chi connectivity index (χ0) is 53.5. The lowest BCUT2D eigenvalue weighted by molar-refractivity contribution is 0.340. The molecule has 0 unspecified atom stereocenters. The number of hydrogen-bond acceptors (Lipinski definition) is 4. The Balaban J connectivity index is 1.13. The van der Waals surface area contributed by atoms with Crippen molar-refractivity contribution in [2.75, 3.05) is 23.0 Å². The molecule has 4 heteroatoms. The summed E-state index contributed by atoms with van der Waals surface area (Å²) in [6.07, 6.45) is 0. The molecule has 0 saturated carbocycles. The number of fused-ring (bicyclic) bond motifs is 6. The Bertz CT molecular complexity index is 3970. The molecule has 0 aliphatic carbocycles. The third-order valence-electron chi connectivity index (χ3n) is 16.0. The average molecular weight is 1010 g/mol. The SMILES string of the molecule is CCOc1ccc(N(c2ccc(C(C)(C)C)cc2)c2ccc3c4c(-c5ccccc5)c5c6cccc7c(N(c8ccc(OCC)cc8)c8ccc(C(C)(C)C)cc8)ccc(c5c(-c5ccccc5)c4c4cccc2c43)c76)cc1. The van der Waals surface area contributed by atoms with Crippen molar-refractivity contribution in [1.82, 2.24) is 0 Å². The topological polar surface area (TPSA) is 24.9 Å². The first-order chi connectivity index (χ1) is 37.9. The smallest absolute Gasteiger partial charge is 0.119 e. The van der Waals surface area contributed by atoms with Crippen molar-refractivity contribution in [2.24, 2.45) is 0 Å². The van der Waals surface area contributed by atoms with Gasteiger partial charge in [0, 0.05) is 33.5 Å². The summed E-state index contributed by atoms with van der Waals surface area (Å²) in [4.78, 5) is 4.85. The van der Waals surface area contributed by atoms with Gasteiger partial charge in [0.1, 0.15) is 11.5 Å². The highest BCUT2D eigenvalue weighted by Gasteiger charge is 2.30. The number of rotatable bonds is 12. The zero-order valence-corrected chi connectivity index (χ0v) is 45.9. The van der Waals surface area contributed by atoms with Crippen molar-refractivity contribution >= 4 is 98.8 Å². The summed E-state index contributed by atoms with van der Waals surface area (Å²) in [5.74, 6) is 1.72. The molecule has 78 heavy (non-hydrogen) atoms. The molecule has 4 nitrogen and oxygen atoms in total. The van der Waals surface area contributed by atoms with E-state index in [1.54, 1.807) is 0 Å². The molecule has 0 radical (unpaired) electrons. The minimum absolute atomic E-state index is 0.0218. The quantitative estimate of drug-likeness (QED) is 0.122. The van der Waals surface area contributed by atoms with Gasteiger partial charge in [-0.1, -0.05) is 175 Å². The van der Waals surface area contributed by atoms with E-state index in [9.17, 15) is 0 Å². The van der Waals surface area contributed by atoms with E-state index in [4.69, 9.17) is 9.47 Å². The molecule has 0 aromatic heterocycles. The first-order valence-corrected chi connectivity index (χ1v) is 27.7. The van der Waals surface area contributed by atoms with E-state index in [-0.39, 0.29) is 10.8 Å². The van der Waals surface area contributed by atoms with Crippen molar-refractivity contribution in [1.29, 1.82) is 0 Å². The highest BCUT2D eigenvalue weighted by Crippen LogP contribution is 2.58. The van der Waals surface area contributed by atoms with E-state index in [1.807, 2.05) is 13.8 Å². The standard InChI is InChI=1S/C74H64N2O2/c1-9-77-55-39-35-53(36-40-55)75(51-31-27-49(28-32-51)73(3,4)5)63-45-43-61-67-57(63)23-17-25-59(67)69-65(47-19-13-11-14-20-47)72-62-44-46-64(58-24-18-26-60(68(58)62)70(72)66(71(61)69)48-21-15-12-16-22-48)76(54-37-41-56(42-38-54)78-10-2)52-33-29-50(30-34-52)74(6,7)8/h11-46H,9-10H2,1-8H3. The molecule has 0 atom stereocenters. The molecular formula is C74H64N2O2. The molecule has 0 aliphatic rings. The number of nitrogens with zero attached hydrogens (tertiary/aromatic N) is 2. The Morgan fingerprint density at radius 2 is 0.603 bits per heavy atom. The van der Waals surface area contributed by atoms with Crippen LogP contribution in [0, 0.1) is 0 Å². The lowest BCUT2D eigenvalue weighted by atomic mass is 9.87. The van der Waals surface area contributed by atoms with Crippen LogP contribution in [0.15, 0.2) is 218 Å². The van der Waals surface area contributed by atoms with E-state index >= 15 is 0 Å². The molecule has 13 aromatic rings. The Labute approximate surface area is 458 Å². The Hall–Kier alpha value is -8.86. The van der Waals surface area contributed by atoms with Crippen molar-refractivity contribution in [3.63, 3.8) is 0 Å². The summed E-state index contributed by atoms with van der Waals surface area (Å²) in [5, 5.41) is 15.0. The highest BCUT2D eigenvalue weighted by atomic mass is 16.5. The van der Waals surface area contributed by atoms with Crippen LogP contribution in [0.4, 0.5) is 34.1 Å². The maximum absolute atomic E-state index is 5.97. The van der Waals surface area contributed by atoms with Crippen molar-refractivity contribution in [3.05, 3.63) is 230 Å². The summed E-state index contributed by atoms with van der Waals surface area (Å²) in [6.45, 7) is 19.0. The van der Waals surface area contributed by atoms with E-state index in [0.29, 0.717) is 13.2 Å². The summed E-state index contributed by atoms with van der Waals surface area (Å²) in [5.41, 5.74) is 14.2. The fourth-order valence-electron chi connectivity index (χ4n) is 12.4. The number of ether oxygens (including phenoxy) is 2. The van der Waals surface area contributed by atoms with Crippen LogP contribution < -0.4 is 19.3 Å². The van der Waals surface area contributed by atoms with Gasteiger partial charge in [0.2, 0.25) is 0 Å². The van der Waals surface area contributed by atoms with E-state index < -0.39 is 0 Å². The monoisotopic (exact) mass is 1010 g/mol. The van der Waals surface area contributed by atoms with Gasteiger partial charge in [-0.15, -0.1) is 0 Å². The second kappa shape index (κ2) is 19.0. The zero-order valence-electron chi connectivity index (χ0n) is 45.9. The maximum Gasteiger partial charge on any atom is 0.119 e. The normalized spacial score (nSPS) is 12.2. The fraction of sp³-hybridized carbons (Fsp3) is 0.162. The molecule has 0 spiro atoms. The fourth-order valence-corrected chi connectivity index (χ4v) is 12.4. The molecule has 382 valence electrons. The van der Waals surface area contributed by atoms with Crippen LogP contribution in [0.2, 0.25) is 0 Å². The Morgan fingerprint density at radius 1 is 0.295 bits per heavy atom. The second-order valence-electron chi connectivity index (χ2n) is 22.8. The van der Waals surface area contributed by atoms with Gasteiger partial charge in [-0.05, 0) is 197 Å². The molecule has 0 bridgehead atoms. The third kappa shape index (κ3) is 8.04. The van der Waals surface area contributed by atoms with Crippen molar-refractivity contribution in [3.8, 4) is 33.8 Å². The summed E-state index contributed by atoms with van der Waals surface area (Å²) in [7, 11) is 0. The van der Waals surface area contributed by atoms with Gasteiger partial charge >= 0.3 is 0 Å². The summed E-state index contributed by atoms with van der Waals surface area (Å²) >= 11 is 0. The van der Waals surface area contributed by atoms with Crippen LogP contribution in [-0.4, -0.2) is 13.2 Å². The van der Waals surface area contributed by atoms with Crippen LogP contribution in [-0.2, 0) is 10.8 Å². The summed E-state index contributed by atoms with van der Waals surface area (Å²) in [6, 6.07) is 81.2. The minimum Gasteiger partial charge on any atom is -0.494 e. The van der Waals surface area contributed by atoms with Gasteiger partial charge in [0.05, 0.1) is 24.6 Å². The minimum atomic E-state index is 0.0218.